The van der Waals surface area contributed by atoms with E-state index in [1.165, 1.54) is 0 Å². The summed E-state index contributed by atoms with van der Waals surface area (Å²) in [7, 11) is 0. The molecule has 0 unspecified atom stereocenters. The van der Waals surface area contributed by atoms with Gasteiger partial charge in [-0.3, -0.25) is 4.98 Å². The molecule has 0 radical (unpaired) electrons. The fraction of sp³-hybridized carbons (Fsp3) is 0.375. The van der Waals surface area contributed by atoms with Gasteiger partial charge >= 0.3 is 0 Å². The Bertz CT molecular complexity index is 783. The van der Waals surface area contributed by atoms with E-state index < -0.39 is 0 Å². The number of ether oxygens (including phenoxy) is 1. The Morgan fingerprint density at radius 3 is 3.13 bits per heavy atom. The summed E-state index contributed by atoms with van der Waals surface area (Å²) in [4.78, 5) is 12.9. The quantitative estimate of drug-likeness (QED) is 0.736. The summed E-state index contributed by atoms with van der Waals surface area (Å²) in [5.74, 6) is 1.32. The predicted octanol–water partition coefficient (Wildman–Crippen LogP) is 2.41. The van der Waals surface area contributed by atoms with Crippen LogP contribution in [0.4, 0.5) is 0 Å². The minimum absolute atomic E-state index is 0.178. The highest BCUT2D eigenvalue weighted by molar-refractivity contribution is 5.53. The average Bonchev–Trinajstić information content (AvgIpc) is 3.28. The monoisotopic (exact) mass is 311 g/mol. The molecule has 1 aliphatic rings. The Balaban J connectivity index is 1.57. The maximum absolute atomic E-state index is 5.83. The van der Waals surface area contributed by atoms with Gasteiger partial charge in [-0.2, -0.15) is 4.98 Å². The molecule has 118 valence electrons. The minimum Gasteiger partial charge on any atom is -0.368 e. The Kier molecular flexibility index (Phi) is 3.63. The van der Waals surface area contributed by atoms with Crippen molar-refractivity contribution in [2.24, 2.45) is 5.92 Å². The zero-order valence-corrected chi connectivity index (χ0v) is 12.8. The number of pyridine rings is 1. The van der Waals surface area contributed by atoms with Crippen LogP contribution in [0.3, 0.4) is 0 Å². The molecule has 1 fully saturated rings. The normalized spacial score (nSPS) is 20.9. The summed E-state index contributed by atoms with van der Waals surface area (Å²) in [5.41, 5.74) is 1.76. The van der Waals surface area contributed by atoms with Crippen molar-refractivity contribution in [2.45, 2.75) is 26.0 Å². The minimum atomic E-state index is -0.178. The molecule has 0 N–H and O–H groups in total. The first-order chi connectivity index (χ1) is 11.3. The number of rotatable bonds is 4. The summed E-state index contributed by atoms with van der Waals surface area (Å²) < 4.78 is 13.3. The number of nitrogens with zero attached hydrogens (tertiary/aromatic N) is 5. The van der Waals surface area contributed by atoms with Gasteiger partial charge < -0.3 is 13.8 Å². The molecule has 0 bridgehead atoms. The summed E-state index contributed by atoms with van der Waals surface area (Å²) in [6, 6.07) is 3.87. The fourth-order valence-electron chi connectivity index (χ4n) is 2.93. The number of hydrogen-bond acceptors (Lipinski definition) is 6. The third kappa shape index (κ3) is 2.75. The second kappa shape index (κ2) is 5.92. The van der Waals surface area contributed by atoms with Crippen LogP contribution in [-0.2, 0) is 11.3 Å². The Morgan fingerprint density at radius 1 is 1.35 bits per heavy atom. The van der Waals surface area contributed by atoms with Crippen LogP contribution in [-0.4, -0.2) is 31.3 Å². The molecule has 7 heteroatoms. The first-order valence-electron chi connectivity index (χ1n) is 7.64. The molecule has 1 saturated heterocycles. The van der Waals surface area contributed by atoms with Crippen molar-refractivity contribution in [3.63, 3.8) is 0 Å². The molecular weight excluding hydrogens is 294 g/mol. The van der Waals surface area contributed by atoms with Gasteiger partial charge in [-0.05, 0) is 25.0 Å². The van der Waals surface area contributed by atoms with Crippen molar-refractivity contribution in [3.05, 3.63) is 48.5 Å². The first-order valence-corrected chi connectivity index (χ1v) is 7.64. The smallest absolute Gasteiger partial charge is 0.256 e. The van der Waals surface area contributed by atoms with Gasteiger partial charge in [0.15, 0.2) is 0 Å². The van der Waals surface area contributed by atoms with Crippen LogP contribution in [0.1, 0.15) is 24.0 Å². The predicted molar refractivity (Wildman–Crippen MR) is 81.3 cm³/mol. The lowest BCUT2D eigenvalue weighted by Crippen LogP contribution is -2.14. The van der Waals surface area contributed by atoms with Crippen LogP contribution >= 0.6 is 0 Å². The van der Waals surface area contributed by atoms with E-state index in [0.29, 0.717) is 24.2 Å². The summed E-state index contributed by atoms with van der Waals surface area (Å²) in [6.07, 6.45) is 8.05. The molecule has 0 saturated carbocycles. The third-order valence-corrected chi connectivity index (χ3v) is 4.13. The Hall–Kier alpha value is -2.54. The van der Waals surface area contributed by atoms with Crippen LogP contribution in [0.5, 0.6) is 0 Å². The molecule has 23 heavy (non-hydrogen) atoms. The summed E-state index contributed by atoms with van der Waals surface area (Å²) in [5, 5.41) is 4.08. The number of aromatic nitrogens is 5. The number of imidazole rings is 1. The van der Waals surface area contributed by atoms with Gasteiger partial charge in [-0.25, -0.2) is 4.98 Å². The van der Waals surface area contributed by atoms with Crippen molar-refractivity contribution in [1.29, 1.82) is 0 Å². The van der Waals surface area contributed by atoms with Crippen LogP contribution in [0, 0.1) is 12.8 Å². The topological polar surface area (TPSA) is 78.9 Å². The highest BCUT2D eigenvalue weighted by Gasteiger charge is 2.34. The van der Waals surface area contributed by atoms with Crippen molar-refractivity contribution < 1.29 is 9.26 Å². The van der Waals surface area contributed by atoms with E-state index in [9.17, 15) is 0 Å². The second-order valence-corrected chi connectivity index (χ2v) is 5.72. The highest BCUT2D eigenvalue weighted by Crippen LogP contribution is 2.35. The maximum atomic E-state index is 5.83. The molecule has 4 heterocycles. The molecule has 4 rings (SSSR count). The standard InChI is InChI=1S/C16H17N5O2/c1-11-3-2-5-18-13(11)15-19-16(23-20-15)14-12(4-8-22-14)9-21-7-6-17-10-21/h2-3,5-7,10,12,14H,4,8-9H2,1H3/t12-,14-/m0/s1. The van der Waals surface area contributed by atoms with Gasteiger partial charge in [0, 0.05) is 37.7 Å². The summed E-state index contributed by atoms with van der Waals surface area (Å²) >= 11 is 0. The number of aryl methyl sites for hydroxylation is 1. The maximum Gasteiger partial charge on any atom is 0.256 e. The van der Waals surface area contributed by atoms with Crippen LogP contribution in [0.15, 0.2) is 41.6 Å². The molecular formula is C16H17N5O2. The molecule has 0 amide bonds. The van der Waals surface area contributed by atoms with Gasteiger partial charge in [0.25, 0.3) is 5.89 Å². The first kappa shape index (κ1) is 14.1. The molecule has 0 aromatic carbocycles. The van der Waals surface area contributed by atoms with E-state index in [-0.39, 0.29) is 6.10 Å². The average molecular weight is 311 g/mol. The summed E-state index contributed by atoms with van der Waals surface area (Å²) in [6.45, 7) is 3.50. The van der Waals surface area contributed by atoms with E-state index in [4.69, 9.17) is 9.26 Å². The number of hydrogen-bond donors (Lipinski definition) is 0. The van der Waals surface area contributed by atoms with E-state index in [0.717, 1.165) is 24.2 Å². The Morgan fingerprint density at radius 2 is 2.30 bits per heavy atom. The van der Waals surface area contributed by atoms with E-state index in [2.05, 4.69) is 20.1 Å². The largest absolute Gasteiger partial charge is 0.368 e. The van der Waals surface area contributed by atoms with E-state index >= 15 is 0 Å². The van der Waals surface area contributed by atoms with Crippen LogP contribution in [0.2, 0.25) is 0 Å². The van der Waals surface area contributed by atoms with E-state index in [1.54, 1.807) is 12.4 Å². The third-order valence-electron chi connectivity index (χ3n) is 4.13. The second-order valence-electron chi connectivity index (χ2n) is 5.72. The van der Waals surface area contributed by atoms with Crippen LogP contribution in [0.25, 0.3) is 11.5 Å². The van der Waals surface area contributed by atoms with Crippen LogP contribution < -0.4 is 0 Å². The molecule has 1 aliphatic heterocycles. The van der Waals surface area contributed by atoms with Crippen molar-refractivity contribution in [3.8, 4) is 11.5 Å². The molecule has 3 aromatic rings. The molecule has 2 atom stereocenters. The lowest BCUT2D eigenvalue weighted by molar-refractivity contribution is 0.0587. The van der Waals surface area contributed by atoms with Gasteiger partial charge in [0.2, 0.25) is 5.82 Å². The SMILES string of the molecule is Cc1cccnc1-c1noc([C@H]2OCC[C@H]2Cn2ccnc2)n1. The fourth-order valence-corrected chi connectivity index (χ4v) is 2.93. The molecule has 0 spiro atoms. The zero-order valence-electron chi connectivity index (χ0n) is 12.8. The van der Waals surface area contributed by atoms with Gasteiger partial charge in [-0.1, -0.05) is 11.2 Å². The lowest BCUT2D eigenvalue weighted by atomic mass is 10.0. The van der Waals surface area contributed by atoms with Crippen molar-refractivity contribution >= 4 is 0 Å². The van der Waals surface area contributed by atoms with Gasteiger partial charge in [0.05, 0.1) is 6.33 Å². The van der Waals surface area contributed by atoms with Gasteiger partial charge in [-0.15, -0.1) is 0 Å². The molecule has 0 aliphatic carbocycles. The Labute approximate surface area is 133 Å². The lowest BCUT2D eigenvalue weighted by Gasteiger charge is -2.15. The van der Waals surface area contributed by atoms with Gasteiger partial charge in [0.1, 0.15) is 11.8 Å². The highest BCUT2D eigenvalue weighted by atomic mass is 16.5. The van der Waals surface area contributed by atoms with Crippen molar-refractivity contribution in [2.75, 3.05) is 6.61 Å². The molecule has 7 nitrogen and oxygen atoms in total. The zero-order chi connectivity index (χ0) is 15.6. The van der Waals surface area contributed by atoms with Crippen molar-refractivity contribution in [1.82, 2.24) is 24.7 Å². The molecule has 3 aromatic heterocycles. The van der Waals surface area contributed by atoms with E-state index in [1.807, 2.05) is 36.1 Å².